The van der Waals surface area contributed by atoms with E-state index in [9.17, 15) is 4.79 Å². The SMILES string of the molecule is CC(C)(CCCN1CCCc2ccccc2C1)C(=O)O. The summed E-state index contributed by atoms with van der Waals surface area (Å²) in [5.74, 6) is -0.696. The van der Waals surface area contributed by atoms with E-state index in [-0.39, 0.29) is 0 Å². The van der Waals surface area contributed by atoms with Crippen molar-refractivity contribution < 1.29 is 9.90 Å². The fraction of sp³-hybridized carbons (Fsp3) is 0.588. The molecule has 0 atom stereocenters. The molecule has 2 rings (SSSR count). The lowest BCUT2D eigenvalue weighted by Crippen LogP contribution is -2.28. The molecule has 0 radical (unpaired) electrons. The molecule has 0 aliphatic carbocycles. The highest BCUT2D eigenvalue weighted by Gasteiger charge is 2.26. The number of nitrogens with zero attached hydrogens (tertiary/aromatic N) is 1. The van der Waals surface area contributed by atoms with E-state index >= 15 is 0 Å². The molecule has 0 saturated heterocycles. The van der Waals surface area contributed by atoms with E-state index in [1.54, 1.807) is 0 Å². The van der Waals surface area contributed by atoms with Crippen molar-refractivity contribution in [1.82, 2.24) is 4.90 Å². The van der Waals surface area contributed by atoms with Crippen LogP contribution in [0.15, 0.2) is 24.3 Å². The molecule has 1 aromatic rings. The Morgan fingerprint density at radius 1 is 1.30 bits per heavy atom. The molecule has 3 nitrogen and oxygen atoms in total. The van der Waals surface area contributed by atoms with Gasteiger partial charge in [-0.2, -0.15) is 0 Å². The lowest BCUT2D eigenvalue weighted by molar-refractivity contribution is -0.147. The van der Waals surface area contributed by atoms with E-state index in [4.69, 9.17) is 5.11 Å². The van der Waals surface area contributed by atoms with Crippen molar-refractivity contribution in [2.24, 2.45) is 5.41 Å². The average molecular weight is 275 g/mol. The number of carboxylic acids is 1. The normalized spacial score (nSPS) is 16.5. The number of hydrogen-bond acceptors (Lipinski definition) is 2. The van der Waals surface area contributed by atoms with Crippen LogP contribution in [0.25, 0.3) is 0 Å². The summed E-state index contributed by atoms with van der Waals surface area (Å²) in [6.07, 6.45) is 4.04. The standard InChI is InChI=1S/C17H25NO2/c1-17(2,16(19)20)10-6-12-18-11-5-9-14-7-3-4-8-15(14)13-18/h3-4,7-8H,5-6,9-13H2,1-2H3,(H,19,20). The largest absolute Gasteiger partial charge is 0.481 e. The molecule has 0 unspecified atom stereocenters. The molecule has 0 fully saturated rings. The summed E-state index contributed by atoms with van der Waals surface area (Å²) < 4.78 is 0. The highest BCUT2D eigenvalue weighted by molar-refractivity contribution is 5.73. The lowest BCUT2D eigenvalue weighted by Gasteiger charge is -2.23. The summed E-state index contributed by atoms with van der Waals surface area (Å²) in [4.78, 5) is 13.6. The van der Waals surface area contributed by atoms with E-state index < -0.39 is 11.4 Å². The van der Waals surface area contributed by atoms with Gasteiger partial charge in [0.15, 0.2) is 0 Å². The van der Waals surface area contributed by atoms with Gasteiger partial charge in [-0.3, -0.25) is 9.69 Å². The number of carboxylic acid groups (broad SMARTS) is 1. The van der Waals surface area contributed by atoms with Crippen LogP contribution in [0.3, 0.4) is 0 Å². The van der Waals surface area contributed by atoms with Crippen LogP contribution < -0.4 is 0 Å². The number of aryl methyl sites for hydroxylation is 1. The second-order valence-electron chi connectivity index (χ2n) is 6.44. The minimum absolute atomic E-state index is 0.607. The zero-order valence-corrected chi connectivity index (χ0v) is 12.6. The van der Waals surface area contributed by atoms with Crippen LogP contribution in [-0.4, -0.2) is 29.1 Å². The molecule has 1 aromatic carbocycles. The second-order valence-corrected chi connectivity index (χ2v) is 6.44. The van der Waals surface area contributed by atoms with Gasteiger partial charge in [-0.05, 0) is 63.7 Å². The molecule has 3 heteroatoms. The Morgan fingerprint density at radius 3 is 2.70 bits per heavy atom. The van der Waals surface area contributed by atoms with Crippen LogP contribution >= 0.6 is 0 Å². The zero-order chi connectivity index (χ0) is 14.6. The van der Waals surface area contributed by atoms with Crippen LogP contribution in [0, 0.1) is 5.41 Å². The maximum Gasteiger partial charge on any atom is 0.309 e. The molecule has 1 aliphatic rings. The molecule has 0 amide bonds. The Balaban J connectivity index is 1.87. The summed E-state index contributed by atoms with van der Waals surface area (Å²) in [7, 11) is 0. The first-order valence-corrected chi connectivity index (χ1v) is 7.51. The van der Waals surface area contributed by atoms with Crippen molar-refractivity contribution in [1.29, 1.82) is 0 Å². The van der Waals surface area contributed by atoms with Crippen molar-refractivity contribution >= 4 is 5.97 Å². The molecular weight excluding hydrogens is 250 g/mol. The molecule has 0 bridgehead atoms. The molecule has 110 valence electrons. The quantitative estimate of drug-likeness (QED) is 0.896. The van der Waals surface area contributed by atoms with Crippen LogP contribution in [0.1, 0.15) is 44.2 Å². The first-order valence-electron chi connectivity index (χ1n) is 7.51. The Bertz CT molecular complexity index is 468. The monoisotopic (exact) mass is 275 g/mol. The number of carbonyl (C=O) groups is 1. The lowest BCUT2D eigenvalue weighted by atomic mass is 9.88. The minimum atomic E-state index is -0.696. The van der Waals surface area contributed by atoms with Crippen LogP contribution in [0.4, 0.5) is 0 Å². The first-order chi connectivity index (χ1) is 9.49. The summed E-state index contributed by atoms with van der Waals surface area (Å²) in [5, 5.41) is 9.14. The molecule has 20 heavy (non-hydrogen) atoms. The highest BCUT2D eigenvalue weighted by Crippen LogP contribution is 2.24. The maximum absolute atomic E-state index is 11.1. The number of aliphatic carboxylic acids is 1. The minimum Gasteiger partial charge on any atom is -0.481 e. The predicted octanol–water partition coefficient (Wildman–Crippen LogP) is 3.33. The van der Waals surface area contributed by atoms with Gasteiger partial charge >= 0.3 is 5.97 Å². The molecule has 1 heterocycles. The van der Waals surface area contributed by atoms with Gasteiger partial charge < -0.3 is 5.11 Å². The topological polar surface area (TPSA) is 40.5 Å². The number of fused-ring (bicyclic) bond motifs is 1. The van der Waals surface area contributed by atoms with Crippen molar-refractivity contribution in [3.05, 3.63) is 35.4 Å². The third-order valence-electron chi connectivity index (χ3n) is 4.29. The van der Waals surface area contributed by atoms with Crippen molar-refractivity contribution in [2.45, 2.75) is 46.1 Å². The van der Waals surface area contributed by atoms with Crippen LogP contribution in [-0.2, 0) is 17.8 Å². The summed E-state index contributed by atoms with van der Waals surface area (Å²) in [5.41, 5.74) is 2.30. The van der Waals surface area contributed by atoms with Gasteiger partial charge in [0.25, 0.3) is 0 Å². The second kappa shape index (κ2) is 6.40. The van der Waals surface area contributed by atoms with Crippen molar-refractivity contribution in [2.75, 3.05) is 13.1 Å². The van der Waals surface area contributed by atoms with Gasteiger partial charge in [0.2, 0.25) is 0 Å². The Hall–Kier alpha value is -1.35. The van der Waals surface area contributed by atoms with Crippen molar-refractivity contribution in [3.8, 4) is 0 Å². The van der Waals surface area contributed by atoms with Crippen LogP contribution in [0.2, 0.25) is 0 Å². The fourth-order valence-corrected chi connectivity index (χ4v) is 2.81. The number of rotatable bonds is 5. The van der Waals surface area contributed by atoms with E-state index in [0.29, 0.717) is 0 Å². The molecule has 0 spiro atoms. The predicted molar refractivity (Wildman–Crippen MR) is 80.7 cm³/mol. The highest BCUT2D eigenvalue weighted by atomic mass is 16.4. The third kappa shape index (κ3) is 3.83. The van der Waals surface area contributed by atoms with Gasteiger partial charge in [-0.15, -0.1) is 0 Å². The summed E-state index contributed by atoms with van der Waals surface area (Å²) in [6.45, 7) is 6.73. The Labute approximate surface area is 121 Å². The molecule has 0 aromatic heterocycles. The smallest absolute Gasteiger partial charge is 0.309 e. The zero-order valence-electron chi connectivity index (χ0n) is 12.6. The number of hydrogen-bond donors (Lipinski definition) is 1. The third-order valence-corrected chi connectivity index (χ3v) is 4.29. The van der Waals surface area contributed by atoms with Gasteiger partial charge in [-0.1, -0.05) is 24.3 Å². The Kier molecular flexibility index (Phi) is 4.81. The Morgan fingerprint density at radius 2 is 2.00 bits per heavy atom. The van der Waals surface area contributed by atoms with Gasteiger partial charge in [0.05, 0.1) is 5.41 Å². The summed E-state index contributed by atoms with van der Waals surface area (Å²) in [6, 6.07) is 8.67. The average Bonchev–Trinajstić information content (AvgIpc) is 2.60. The summed E-state index contributed by atoms with van der Waals surface area (Å²) >= 11 is 0. The van der Waals surface area contributed by atoms with Gasteiger partial charge in [-0.25, -0.2) is 0 Å². The van der Waals surface area contributed by atoms with Gasteiger partial charge in [0.1, 0.15) is 0 Å². The first kappa shape index (κ1) is 15.0. The van der Waals surface area contributed by atoms with E-state index in [0.717, 1.165) is 38.9 Å². The van der Waals surface area contributed by atoms with E-state index in [1.807, 2.05) is 13.8 Å². The molecular formula is C17H25NO2. The molecule has 1 aliphatic heterocycles. The number of benzene rings is 1. The van der Waals surface area contributed by atoms with E-state index in [1.165, 1.54) is 17.5 Å². The fourth-order valence-electron chi connectivity index (χ4n) is 2.81. The van der Waals surface area contributed by atoms with Crippen molar-refractivity contribution in [3.63, 3.8) is 0 Å². The molecule has 1 N–H and O–H groups in total. The molecule has 0 saturated carbocycles. The van der Waals surface area contributed by atoms with Gasteiger partial charge in [0, 0.05) is 6.54 Å². The van der Waals surface area contributed by atoms with E-state index in [2.05, 4.69) is 29.2 Å². The maximum atomic E-state index is 11.1. The van der Waals surface area contributed by atoms with Crippen LogP contribution in [0.5, 0.6) is 0 Å².